The molecule has 2 heterocycles. The van der Waals surface area contributed by atoms with Crippen LogP contribution in [0.1, 0.15) is 36.0 Å². The molecule has 0 radical (unpaired) electrons. The molecule has 0 bridgehead atoms. The number of rotatable bonds is 4. The van der Waals surface area contributed by atoms with Gasteiger partial charge in [0, 0.05) is 28.8 Å². The lowest BCUT2D eigenvalue weighted by atomic mass is 9.97. The van der Waals surface area contributed by atoms with Crippen molar-refractivity contribution in [2.45, 2.75) is 32.7 Å². The van der Waals surface area contributed by atoms with Crippen molar-refractivity contribution in [3.63, 3.8) is 0 Å². The molecule has 0 saturated carbocycles. The molecule has 3 rings (SSSR count). The van der Waals surface area contributed by atoms with Gasteiger partial charge in [0.05, 0.1) is 0 Å². The number of hydrogen-bond donors (Lipinski definition) is 2. The first-order valence-corrected chi connectivity index (χ1v) is 6.86. The average Bonchev–Trinajstić information content (AvgIpc) is 2.93. The maximum absolute atomic E-state index is 10.8. The second kappa shape index (κ2) is 4.93. The molecule has 0 aliphatic carbocycles. The number of benzene rings is 1. The SMILES string of the molecule is Cc1cc2c(C(N)CCC(=O)O)c3oc(C)cc3cc2o1. The summed E-state index contributed by atoms with van der Waals surface area (Å²) in [5, 5.41) is 10.7. The molecule has 21 heavy (non-hydrogen) atoms. The Hall–Kier alpha value is -2.27. The summed E-state index contributed by atoms with van der Waals surface area (Å²) in [7, 11) is 0. The van der Waals surface area contributed by atoms with Gasteiger partial charge in [-0.25, -0.2) is 0 Å². The molecule has 1 atom stereocenters. The number of aliphatic carboxylic acids is 1. The van der Waals surface area contributed by atoms with Crippen LogP contribution in [-0.2, 0) is 4.79 Å². The summed E-state index contributed by atoms with van der Waals surface area (Å²) in [6.45, 7) is 3.75. The van der Waals surface area contributed by atoms with Crippen molar-refractivity contribution in [1.29, 1.82) is 0 Å². The van der Waals surface area contributed by atoms with Gasteiger partial charge in [-0.15, -0.1) is 0 Å². The largest absolute Gasteiger partial charge is 0.481 e. The van der Waals surface area contributed by atoms with E-state index in [9.17, 15) is 4.79 Å². The van der Waals surface area contributed by atoms with Crippen LogP contribution in [0.4, 0.5) is 0 Å². The number of nitrogens with two attached hydrogens (primary N) is 1. The van der Waals surface area contributed by atoms with Crippen LogP contribution in [0.2, 0.25) is 0 Å². The van der Waals surface area contributed by atoms with E-state index in [0.29, 0.717) is 6.42 Å². The molecule has 5 heteroatoms. The Morgan fingerprint density at radius 1 is 1.24 bits per heavy atom. The summed E-state index contributed by atoms with van der Waals surface area (Å²) in [4.78, 5) is 10.8. The van der Waals surface area contributed by atoms with E-state index in [1.807, 2.05) is 32.0 Å². The Morgan fingerprint density at radius 3 is 2.67 bits per heavy atom. The molecule has 3 N–H and O–H groups in total. The first-order valence-electron chi connectivity index (χ1n) is 6.86. The van der Waals surface area contributed by atoms with Gasteiger partial charge in [-0.3, -0.25) is 4.79 Å². The molecule has 1 aromatic carbocycles. The van der Waals surface area contributed by atoms with Gasteiger partial charge in [0.25, 0.3) is 0 Å². The van der Waals surface area contributed by atoms with E-state index in [2.05, 4.69) is 0 Å². The lowest BCUT2D eigenvalue weighted by molar-refractivity contribution is -0.137. The van der Waals surface area contributed by atoms with E-state index >= 15 is 0 Å². The molecular formula is C16H17NO4. The van der Waals surface area contributed by atoms with Crippen molar-refractivity contribution in [3.8, 4) is 0 Å². The molecule has 0 fully saturated rings. The van der Waals surface area contributed by atoms with E-state index < -0.39 is 12.0 Å². The molecule has 3 aromatic rings. The second-order valence-electron chi connectivity index (χ2n) is 5.37. The lowest BCUT2D eigenvalue weighted by Gasteiger charge is -2.12. The lowest BCUT2D eigenvalue weighted by Crippen LogP contribution is -2.12. The zero-order chi connectivity index (χ0) is 15.1. The van der Waals surface area contributed by atoms with Crippen LogP contribution in [0.15, 0.2) is 27.0 Å². The van der Waals surface area contributed by atoms with Crippen LogP contribution in [0.25, 0.3) is 21.9 Å². The minimum atomic E-state index is -0.854. The second-order valence-corrected chi connectivity index (χ2v) is 5.37. The van der Waals surface area contributed by atoms with Gasteiger partial charge in [-0.1, -0.05) is 0 Å². The summed E-state index contributed by atoms with van der Waals surface area (Å²) in [6.07, 6.45) is 0.378. The van der Waals surface area contributed by atoms with E-state index in [1.54, 1.807) is 0 Å². The molecule has 0 aliphatic rings. The van der Waals surface area contributed by atoms with E-state index in [0.717, 1.165) is 39.0 Å². The van der Waals surface area contributed by atoms with Gasteiger partial charge < -0.3 is 19.7 Å². The van der Waals surface area contributed by atoms with Gasteiger partial charge in [-0.05, 0) is 38.5 Å². The Kier molecular flexibility index (Phi) is 3.22. The standard InChI is InChI=1S/C16H17NO4/c1-8-5-10-7-13-11(6-9(2)20-13)15(16(10)21-8)12(17)3-4-14(18)19/h5-7,12H,3-4,17H2,1-2H3,(H,18,19). The van der Waals surface area contributed by atoms with Gasteiger partial charge in [0.1, 0.15) is 22.7 Å². The Labute approximate surface area is 121 Å². The van der Waals surface area contributed by atoms with Crippen LogP contribution < -0.4 is 5.73 Å². The first kappa shape index (κ1) is 13.7. The number of hydrogen-bond acceptors (Lipinski definition) is 4. The smallest absolute Gasteiger partial charge is 0.303 e. The summed E-state index contributed by atoms with van der Waals surface area (Å²) in [5.41, 5.74) is 8.53. The minimum Gasteiger partial charge on any atom is -0.481 e. The highest BCUT2D eigenvalue weighted by Gasteiger charge is 2.20. The normalized spacial score (nSPS) is 13.1. The third-order valence-electron chi connectivity index (χ3n) is 3.63. The number of furan rings is 2. The average molecular weight is 287 g/mol. The molecule has 0 aliphatic heterocycles. The van der Waals surface area contributed by atoms with Crippen molar-refractivity contribution >= 4 is 27.9 Å². The summed E-state index contributed by atoms with van der Waals surface area (Å²) >= 11 is 0. The molecule has 0 saturated heterocycles. The van der Waals surface area contributed by atoms with Crippen LogP contribution in [0.3, 0.4) is 0 Å². The molecule has 2 aromatic heterocycles. The van der Waals surface area contributed by atoms with Crippen molar-refractivity contribution in [1.82, 2.24) is 0 Å². The van der Waals surface area contributed by atoms with Crippen LogP contribution in [0, 0.1) is 13.8 Å². The van der Waals surface area contributed by atoms with Crippen molar-refractivity contribution in [2.75, 3.05) is 0 Å². The topological polar surface area (TPSA) is 89.6 Å². The van der Waals surface area contributed by atoms with Crippen molar-refractivity contribution in [2.24, 2.45) is 5.73 Å². The van der Waals surface area contributed by atoms with E-state index in [4.69, 9.17) is 19.7 Å². The molecule has 110 valence electrons. The maximum atomic E-state index is 10.8. The monoisotopic (exact) mass is 287 g/mol. The minimum absolute atomic E-state index is 0.0234. The highest BCUT2D eigenvalue weighted by molar-refractivity contribution is 5.98. The van der Waals surface area contributed by atoms with Gasteiger partial charge in [0.2, 0.25) is 0 Å². The fraction of sp³-hybridized carbons (Fsp3) is 0.312. The predicted octanol–water partition coefficient (Wildman–Crippen LogP) is 3.66. The summed E-state index contributed by atoms with van der Waals surface area (Å²) in [6, 6.07) is 5.37. The fourth-order valence-corrected chi connectivity index (χ4v) is 2.76. The van der Waals surface area contributed by atoms with Gasteiger partial charge in [0.15, 0.2) is 0 Å². The maximum Gasteiger partial charge on any atom is 0.303 e. The predicted molar refractivity (Wildman–Crippen MR) is 79.3 cm³/mol. The summed E-state index contributed by atoms with van der Waals surface area (Å²) in [5.74, 6) is 0.731. The third kappa shape index (κ3) is 2.40. The Balaban J connectivity index is 2.20. The van der Waals surface area contributed by atoms with E-state index in [1.165, 1.54) is 0 Å². The molecular weight excluding hydrogens is 270 g/mol. The fourth-order valence-electron chi connectivity index (χ4n) is 2.76. The van der Waals surface area contributed by atoms with Crippen molar-refractivity contribution in [3.05, 3.63) is 35.3 Å². The quantitative estimate of drug-likeness (QED) is 0.764. The molecule has 1 unspecified atom stereocenters. The van der Waals surface area contributed by atoms with Gasteiger partial charge in [-0.2, -0.15) is 0 Å². The molecule has 5 nitrogen and oxygen atoms in total. The Bertz CT molecular complexity index is 773. The highest BCUT2D eigenvalue weighted by Crippen LogP contribution is 2.36. The highest BCUT2D eigenvalue weighted by atomic mass is 16.4. The number of aryl methyl sites for hydroxylation is 2. The number of carboxylic acid groups (broad SMARTS) is 1. The van der Waals surface area contributed by atoms with Gasteiger partial charge >= 0.3 is 5.97 Å². The van der Waals surface area contributed by atoms with Crippen LogP contribution in [-0.4, -0.2) is 11.1 Å². The van der Waals surface area contributed by atoms with Crippen molar-refractivity contribution < 1.29 is 18.7 Å². The van der Waals surface area contributed by atoms with E-state index in [-0.39, 0.29) is 6.42 Å². The Morgan fingerprint density at radius 2 is 1.95 bits per heavy atom. The number of carboxylic acids is 1. The molecule has 0 amide bonds. The first-order chi connectivity index (χ1) is 9.95. The van der Waals surface area contributed by atoms with Crippen LogP contribution >= 0.6 is 0 Å². The number of fused-ring (bicyclic) bond motifs is 2. The molecule has 0 spiro atoms. The summed E-state index contributed by atoms with van der Waals surface area (Å²) < 4.78 is 11.5. The third-order valence-corrected chi connectivity index (χ3v) is 3.63. The van der Waals surface area contributed by atoms with Crippen LogP contribution in [0.5, 0.6) is 0 Å². The zero-order valence-electron chi connectivity index (χ0n) is 12.0. The zero-order valence-corrected chi connectivity index (χ0v) is 12.0. The number of carbonyl (C=O) groups is 1.